The van der Waals surface area contributed by atoms with Crippen LogP contribution >= 0.6 is 0 Å². The Morgan fingerprint density at radius 3 is 2.56 bits per heavy atom. The van der Waals surface area contributed by atoms with Crippen LogP contribution in [-0.2, 0) is 0 Å². The Kier molecular flexibility index (Phi) is 4.17. The summed E-state index contributed by atoms with van der Waals surface area (Å²) in [5.74, 6) is 2.13. The molecule has 1 aromatic heterocycles. The summed E-state index contributed by atoms with van der Waals surface area (Å²) in [7, 11) is 4.27. The van der Waals surface area contributed by atoms with Gasteiger partial charge in [-0.3, -0.25) is 0 Å². The molecule has 100 valence electrons. The van der Waals surface area contributed by atoms with Crippen LogP contribution in [0.2, 0.25) is 0 Å². The third kappa shape index (κ3) is 3.19. The summed E-state index contributed by atoms with van der Waals surface area (Å²) in [6.07, 6.45) is 5.17. The van der Waals surface area contributed by atoms with Crippen LogP contribution in [0.1, 0.15) is 31.7 Å². The van der Waals surface area contributed by atoms with Gasteiger partial charge in [0.25, 0.3) is 0 Å². The molecular weight excluding hydrogens is 224 g/mol. The van der Waals surface area contributed by atoms with E-state index < -0.39 is 0 Å². The second-order valence-electron chi connectivity index (χ2n) is 5.83. The topological polar surface area (TPSA) is 32.3 Å². The van der Waals surface area contributed by atoms with Gasteiger partial charge in [-0.25, -0.2) is 9.97 Å². The van der Waals surface area contributed by atoms with Crippen molar-refractivity contribution in [3.05, 3.63) is 18.0 Å². The Bertz CT molecular complexity index is 372. The molecule has 0 unspecified atom stereocenters. The molecule has 0 saturated carbocycles. The molecule has 0 aromatic carbocycles. The molecular formula is C14H24N4. The molecule has 2 heterocycles. The number of anilines is 1. The fourth-order valence-corrected chi connectivity index (χ4v) is 2.47. The Labute approximate surface area is 110 Å². The Hall–Kier alpha value is -1.16. The first-order chi connectivity index (χ1) is 8.56. The zero-order valence-electron chi connectivity index (χ0n) is 11.9. The van der Waals surface area contributed by atoms with Crippen molar-refractivity contribution in [1.82, 2.24) is 14.9 Å². The van der Waals surface area contributed by atoms with Crippen LogP contribution in [0.25, 0.3) is 0 Å². The van der Waals surface area contributed by atoms with Gasteiger partial charge in [0.1, 0.15) is 0 Å². The summed E-state index contributed by atoms with van der Waals surface area (Å²) < 4.78 is 0. The number of hydrogen-bond donors (Lipinski definition) is 0. The molecule has 4 nitrogen and oxygen atoms in total. The van der Waals surface area contributed by atoms with Gasteiger partial charge in [0.15, 0.2) is 0 Å². The fraction of sp³-hybridized carbons (Fsp3) is 0.714. The quantitative estimate of drug-likeness (QED) is 0.815. The van der Waals surface area contributed by atoms with E-state index in [0.717, 1.165) is 31.5 Å². The Morgan fingerprint density at radius 2 is 2.00 bits per heavy atom. The van der Waals surface area contributed by atoms with Gasteiger partial charge in [0.2, 0.25) is 5.95 Å². The largest absolute Gasteiger partial charge is 0.340 e. The van der Waals surface area contributed by atoms with Crippen LogP contribution < -0.4 is 4.90 Å². The van der Waals surface area contributed by atoms with E-state index in [0.29, 0.717) is 5.92 Å². The highest BCUT2D eigenvalue weighted by molar-refractivity contribution is 5.32. The molecule has 18 heavy (non-hydrogen) atoms. The summed E-state index contributed by atoms with van der Waals surface area (Å²) in [6, 6.07) is 0. The van der Waals surface area contributed by atoms with Crippen molar-refractivity contribution < 1.29 is 0 Å². The predicted molar refractivity (Wildman–Crippen MR) is 75.0 cm³/mol. The molecule has 1 aliphatic rings. The van der Waals surface area contributed by atoms with E-state index in [4.69, 9.17) is 0 Å². The summed E-state index contributed by atoms with van der Waals surface area (Å²) in [6.45, 7) is 7.65. The van der Waals surface area contributed by atoms with Crippen LogP contribution in [0.4, 0.5) is 5.95 Å². The Balaban J connectivity index is 1.96. The van der Waals surface area contributed by atoms with Crippen LogP contribution in [-0.4, -0.2) is 48.6 Å². The number of aromatic nitrogens is 2. The molecule has 1 saturated heterocycles. The molecule has 1 aliphatic heterocycles. The molecule has 2 rings (SSSR count). The van der Waals surface area contributed by atoms with Crippen molar-refractivity contribution in [2.45, 2.75) is 26.2 Å². The van der Waals surface area contributed by atoms with Crippen molar-refractivity contribution in [3.8, 4) is 0 Å². The molecule has 0 bridgehead atoms. The highest BCUT2D eigenvalue weighted by Crippen LogP contribution is 2.21. The van der Waals surface area contributed by atoms with Crippen LogP contribution in [0.3, 0.4) is 0 Å². The van der Waals surface area contributed by atoms with Gasteiger partial charge < -0.3 is 9.80 Å². The predicted octanol–water partition coefficient (Wildman–Crippen LogP) is 1.99. The third-order valence-corrected chi connectivity index (χ3v) is 3.52. The maximum absolute atomic E-state index is 4.50. The summed E-state index contributed by atoms with van der Waals surface area (Å²) in [5.41, 5.74) is 1.21. The van der Waals surface area contributed by atoms with E-state index in [-0.39, 0.29) is 0 Å². The molecule has 0 radical (unpaired) electrons. The summed E-state index contributed by atoms with van der Waals surface area (Å²) in [5, 5.41) is 0. The lowest BCUT2D eigenvalue weighted by molar-refractivity contribution is 0.340. The number of rotatable bonds is 4. The van der Waals surface area contributed by atoms with Gasteiger partial charge >= 0.3 is 0 Å². The van der Waals surface area contributed by atoms with Gasteiger partial charge in [-0.2, -0.15) is 0 Å². The highest BCUT2D eigenvalue weighted by atomic mass is 15.3. The van der Waals surface area contributed by atoms with Crippen molar-refractivity contribution >= 4 is 5.95 Å². The molecule has 1 aromatic rings. The zero-order valence-corrected chi connectivity index (χ0v) is 11.9. The third-order valence-electron chi connectivity index (χ3n) is 3.52. The normalized spacial score (nSPS) is 20.1. The molecule has 1 fully saturated rings. The van der Waals surface area contributed by atoms with Gasteiger partial charge in [0.05, 0.1) is 0 Å². The van der Waals surface area contributed by atoms with E-state index in [1.807, 2.05) is 12.4 Å². The first kappa shape index (κ1) is 13.3. The van der Waals surface area contributed by atoms with E-state index in [1.165, 1.54) is 12.0 Å². The van der Waals surface area contributed by atoms with Crippen molar-refractivity contribution in [2.75, 3.05) is 38.6 Å². The van der Waals surface area contributed by atoms with Gasteiger partial charge in [-0.15, -0.1) is 0 Å². The van der Waals surface area contributed by atoms with E-state index in [1.54, 1.807) is 0 Å². The van der Waals surface area contributed by atoms with Gasteiger partial charge in [-0.05, 0) is 37.9 Å². The average molecular weight is 248 g/mol. The molecule has 0 N–H and O–H groups in total. The molecule has 0 spiro atoms. The number of hydrogen-bond acceptors (Lipinski definition) is 4. The SMILES string of the molecule is CC(C)c1cnc(N2CC[C@@H](CN(C)C)C2)nc1. The van der Waals surface area contributed by atoms with Crippen molar-refractivity contribution in [1.29, 1.82) is 0 Å². The first-order valence-electron chi connectivity index (χ1n) is 6.78. The summed E-state index contributed by atoms with van der Waals surface area (Å²) in [4.78, 5) is 13.6. The lowest BCUT2D eigenvalue weighted by Crippen LogP contribution is -2.26. The van der Waals surface area contributed by atoms with E-state index in [9.17, 15) is 0 Å². The van der Waals surface area contributed by atoms with Crippen LogP contribution in [0, 0.1) is 5.92 Å². The zero-order chi connectivity index (χ0) is 13.1. The maximum atomic E-state index is 4.50. The second kappa shape index (κ2) is 5.65. The van der Waals surface area contributed by atoms with E-state index >= 15 is 0 Å². The monoisotopic (exact) mass is 248 g/mol. The number of nitrogens with zero attached hydrogens (tertiary/aromatic N) is 4. The smallest absolute Gasteiger partial charge is 0.225 e. The van der Waals surface area contributed by atoms with E-state index in [2.05, 4.69) is 47.7 Å². The molecule has 0 aliphatic carbocycles. The lowest BCUT2D eigenvalue weighted by Gasteiger charge is -2.18. The minimum Gasteiger partial charge on any atom is -0.340 e. The molecule has 4 heteroatoms. The lowest BCUT2D eigenvalue weighted by atomic mass is 10.1. The maximum Gasteiger partial charge on any atom is 0.225 e. The van der Waals surface area contributed by atoms with Gasteiger partial charge in [0, 0.05) is 32.0 Å². The minimum absolute atomic E-state index is 0.499. The second-order valence-corrected chi connectivity index (χ2v) is 5.83. The van der Waals surface area contributed by atoms with Crippen LogP contribution in [0.5, 0.6) is 0 Å². The minimum atomic E-state index is 0.499. The molecule has 0 amide bonds. The molecule has 1 atom stereocenters. The van der Waals surface area contributed by atoms with Crippen molar-refractivity contribution in [2.24, 2.45) is 5.92 Å². The standard InChI is InChI=1S/C14H24N4/c1-11(2)13-7-15-14(16-8-13)18-6-5-12(10-18)9-17(3)4/h7-8,11-12H,5-6,9-10H2,1-4H3/t12-/m0/s1. The Morgan fingerprint density at radius 1 is 1.33 bits per heavy atom. The van der Waals surface area contributed by atoms with Crippen LogP contribution in [0.15, 0.2) is 12.4 Å². The van der Waals surface area contributed by atoms with Crippen molar-refractivity contribution in [3.63, 3.8) is 0 Å². The van der Waals surface area contributed by atoms with Gasteiger partial charge in [-0.1, -0.05) is 13.8 Å². The summed E-state index contributed by atoms with van der Waals surface area (Å²) >= 11 is 0. The fourth-order valence-electron chi connectivity index (χ4n) is 2.47. The highest BCUT2D eigenvalue weighted by Gasteiger charge is 2.24. The average Bonchev–Trinajstić information content (AvgIpc) is 2.76. The first-order valence-corrected chi connectivity index (χ1v) is 6.78.